The summed E-state index contributed by atoms with van der Waals surface area (Å²) in [6, 6.07) is 8.48. The molecular formula is C20H16F3N2O7P. The Labute approximate surface area is 184 Å². The summed E-state index contributed by atoms with van der Waals surface area (Å²) in [5, 5.41) is 2.41. The number of rotatable bonds is 8. The number of nitrogens with one attached hydrogen (secondary N) is 1. The number of halogens is 3. The van der Waals surface area contributed by atoms with Gasteiger partial charge in [0.05, 0.1) is 5.56 Å². The third-order valence-corrected chi connectivity index (χ3v) is 4.63. The Hall–Kier alpha value is -3.44. The smallest absolute Gasteiger partial charge is 0.453 e. The molecule has 0 aliphatic rings. The standard InChI is InChI=1S/C20H16F3N2O7P/c21-10-12-1-3-15(18(7-12)32-17-4-2-13(22)8-16(17)23)20(27)24-14-5-6-25(19(26)9-14)11-31-33(28,29)30/h1-9H,10-11H2,(H,24,27)(H2,28,29,30). The lowest BCUT2D eigenvalue weighted by Gasteiger charge is -2.14. The quantitative estimate of drug-likeness (QED) is 0.416. The summed E-state index contributed by atoms with van der Waals surface area (Å²) in [6.45, 7) is -1.61. The van der Waals surface area contributed by atoms with Gasteiger partial charge in [0.1, 0.15) is 25.0 Å². The fraction of sp³-hybridized carbons (Fsp3) is 0.100. The molecule has 0 unspecified atom stereocenters. The molecule has 0 saturated carbocycles. The maximum absolute atomic E-state index is 14.0. The van der Waals surface area contributed by atoms with Crippen LogP contribution in [0.25, 0.3) is 0 Å². The molecule has 0 aliphatic carbocycles. The minimum absolute atomic E-state index is 0.0194. The number of amides is 1. The molecule has 0 aliphatic heterocycles. The summed E-state index contributed by atoms with van der Waals surface area (Å²) in [5.41, 5.74) is -0.716. The Morgan fingerprint density at radius 3 is 2.45 bits per heavy atom. The largest absolute Gasteiger partial charge is 0.471 e. The Morgan fingerprint density at radius 1 is 1.06 bits per heavy atom. The first-order chi connectivity index (χ1) is 15.6. The molecule has 0 spiro atoms. The van der Waals surface area contributed by atoms with Gasteiger partial charge in [0.15, 0.2) is 11.6 Å². The lowest BCUT2D eigenvalue weighted by molar-refractivity contribution is 0.102. The number of phosphoric acid groups is 1. The van der Waals surface area contributed by atoms with Crippen LogP contribution in [0.1, 0.15) is 15.9 Å². The Balaban J connectivity index is 1.84. The monoisotopic (exact) mass is 484 g/mol. The van der Waals surface area contributed by atoms with Gasteiger partial charge >= 0.3 is 7.82 Å². The third-order valence-electron chi connectivity index (χ3n) is 4.18. The highest BCUT2D eigenvalue weighted by molar-refractivity contribution is 7.46. The van der Waals surface area contributed by atoms with Gasteiger partial charge < -0.3 is 19.8 Å². The van der Waals surface area contributed by atoms with Crippen LogP contribution in [-0.4, -0.2) is 20.3 Å². The Morgan fingerprint density at radius 2 is 1.82 bits per heavy atom. The molecule has 2 aromatic carbocycles. The van der Waals surface area contributed by atoms with Crippen LogP contribution in [0.2, 0.25) is 0 Å². The van der Waals surface area contributed by atoms with E-state index >= 15 is 0 Å². The maximum atomic E-state index is 14.0. The van der Waals surface area contributed by atoms with Crippen molar-refractivity contribution in [1.29, 1.82) is 0 Å². The highest BCUT2D eigenvalue weighted by Gasteiger charge is 2.18. The van der Waals surface area contributed by atoms with Crippen LogP contribution >= 0.6 is 7.82 Å². The molecule has 0 bridgehead atoms. The zero-order chi connectivity index (χ0) is 24.2. The number of anilines is 1. The minimum atomic E-state index is -4.79. The highest BCUT2D eigenvalue weighted by atomic mass is 31.2. The number of benzene rings is 2. The van der Waals surface area contributed by atoms with Gasteiger partial charge in [-0.05, 0) is 35.9 Å². The molecule has 1 amide bonds. The van der Waals surface area contributed by atoms with Gasteiger partial charge in [-0.1, -0.05) is 6.07 Å². The molecule has 0 saturated heterocycles. The zero-order valence-electron chi connectivity index (χ0n) is 16.6. The average Bonchev–Trinajstić information content (AvgIpc) is 2.74. The Bertz CT molecular complexity index is 1290. The van der Waals surface area contributed by atoms with Crippen LogP contribution in [0.15, 0.2) is 59.5 Å². The first-order valence-electron chi connectivity index (χ1n) is 9.09. The van der Waals surface area contributed by atoms with E-state index in [2.05, 4.69) is 9.84 Å². The van der Waals surface area contributed by atoms with E-state index in [0.717, 1.165) is 29.0 Å². The SMILES string of the molecule is O=C(Nc1ccn(COP(=O)(O)O)c(=O)c1)c1ccc(CF)cc1Oc1ccc(F)cc1F. The summed E-state index contributed by atoms with van der Waals surface area (Å²) >= 11 is 0. The summed E-state index contributed by atoms with van der Waals surface area (Å²) < 4.78 is 61.4. The second-order valence-electron chi connectivity index (χ2n) is 6.57. The van der Waals surface area contributed by atoms with E-state index in [4.69, 9.17) is 14.5 Å². The van der Waals surface area contributed by atoms with E-state index in [0.29, 0.717) is 6.07 Å². The van der Waals surface area contributed by atoms with E-state index in [9.17, 15) is 27.3 Å². The number of pyridine rings is 1. The molecule has 3 aromatic rings. The van der Waals surface area contributed by atoms with Gasteiger partial charge in [-0.2, -0.15) is 0 Å². The van der Waals surface area contributed by atoms with Crippen LogP contribution < -0.4 is 15.6 Å². The van der Waals surface area contributed by atoms with Gasteiger partial charge in [-0.25, -0.2) is 17.7 Å². The number of alkyl halides is 1. The predicted molar refractivity (Wildman–Crippen MR) is 109 cm³/mol. The van der Waals surface area contributed by atoms with Crippen molar-refractivity contribution in [2.45, 2.75) is 13.4 Å². The molecule has 0 radical (unpaired) electrons. The fourth-order valence-corrected chi connectivity index (χ4v) is 2.90. The minimum Gasteiger partial charge on any atom is -0.453 e. The van der Waals surface area contributed by atoms with Gasteiger partial charge in [0.2, 0.25) is 0 Å². The van der Waals surface area contributed by atoms with E-state index in [-0.39, 0.29) is 22.6 Å². The molecule has 3 rings (SSSR count). The molecule has 174 valence electrons. The van der Waals surface area contributed by atoms with Crippen molar-refractivity contribution < 1.29 is 41.6 Å². The average molecular weight is 484 g/mol. The molecule has 9 nitrogen and oxygen atoms in total. The van der Waals surface area contributed by atoms with Gasteiger partial charge in [0, 0.05) is 24.0 Å². The normalized spacial score (nSPS) is 11.3. The second kappa shape index (κ2) is 10.0. The van der Waals surface area contributed by atoms with Crippen molar-refractivity contribution in [2.24, 2.45) is 0 Å². The number of ether oxygens (including phenoxy) is 1. The summed E-state index contributed by atoms with van der Waals surface area (Å²) in [6.07, 6.45) is 1.13. The topological polar surface area (TPSA) is 127 Å². The molecule has 3 N–H and O–H groups in total. The predicted octanol–water partition coefficient (Wildman–Crippen LogP) is 3.71. The number of hydrogen-bond donors (Lipinski definition) is 3. The van der Waals surface area contributed by atoms with Crippen molar-refractivity contribution in [3.8, 4) is 11.5 Å². The third kappa shape index (κ3) is 6.53. The molecular weight excluding hydrogens is 468 g/mol. The number of nitrogens with zero attached hydrogens (tertiary/aromatic N) is 1. The molecule has 33 heavy (non-hydrogen) atoms. The molecule has 13 heteroatoms. The summed E-state index contributed by atoms with van der Waals surface area (Å²) in [5.74, 6) is -3.27. The Kier molecular flexibility index (Phi) is 7.34. The van der Waals surface area contributed by atoms with Crippen LogP contribution in [0.5, 0.6) is 11.5 Å². The van der Waals surface area contributed by atoms with Crippen molar-refractivity contribution in [3.63, 3.8) is 0 Å². The van der Waals surface area contributed by atoms with Gasteiger partial charge in [0.25, 0.3) is 11.5 Å². The first-order valence-corrected chi connectivity index (χ1v) is 10.6. The van der Waals surface area contributed by atoms with Crippen molar-refractivity contribution in [1.82, 2.24) is 4.57 Å². The molecule has 1 aromatic heterocycles. The van der Waals surface area contributed by atoms with Crippen molar-refractivity contribution >= 4 is 19.4 Å². The van der Waals surface area contributed by atoms with Crippen LogP contribution in [-0.2, 0) is 22.5 Å². The highest BCUT2D eigenvalue weighted by Crippen LogP contribution is 2.36. The van der Waals surface area contributed by atoms with Gasteiger partial charge in [-0.3, -0.25) is 18.7 Å². The lowest BCUT2D eigenvalue weighted by Crippen LogP contribution is -2.21. The number of carbonyl (C=O) groups is 1. The number of hydrogen-bond acceptors (Lipinski definition) is 5. The summed E-state index contributed by atoms with van der Waals surface area (Å²) in [4.78, 5) is 42.2. The fourth-order valence-electron chi connectivity index (χ4n) is 2.63. The van der Waals surface area contributed by atoms with Crippen LogP contribution in [0.4, 0.5) is 18.9 Å². The van der Waals surface area contributed by atoms with E-state index in [1.165, 1.54) is 24.3 Å². The molecule has 0 fully saturated rings. The molecule has 0 atom stereocenters. The van der Waals surface area contributed by atoms with E-state index in [1.54, 1.807) is 0 Å². The van der Waals surface area contributed by atoms with Crippen molar-refractivity contribution in [3.05, 3.63) is 87.8 Å². The van der Waals surface area contributed by atoms with Gasteiger partial charge in [-0.15, -0.1) is 0 Å². The summed E-state index contributed by atoms with van der Waals surface area (Å²) in [7, 11) is -4.79. The first kappa shape index (κ1) is 24.2. The van der Waals surface area contributed by atoms with E-state index in [1.807, 2.05) is 0 Å². The molecule has 1 heterocycles. The number of carbonyl (C=O) groups excluding carboxylic acids is 1. The number of aromatic nitrogens is 1. The number of phosphoric ester groups is 1. The lowest BCUT2D eigenvalue weighted by atomic mass is 10.1. The second-order valence-corrected chi connectivity index (χ2v) is 7.81. The van der Waals surface area contributed by atoms with Crippen LogP contribution in [0, 0.1) is 11.6 Å². The van der Waals surface area contributed by atoms with Crippen molar-refractivity contribution in [2.75, 3.05) is 5.32 Å². The van der Waals surface area contributed by atoms with Crippen LogP contribution in [0.3, 0.4) is 0 Å². The maximum Gasteiger partial charge on any atom is 0.471 e. The zero-order valence-corrected chi connectivity index (χ0v) is 17.5. The van der Waals surface area contributed by atoms with E-state index < -0.39 is 50.1 Å².